The van der Waals surface area contributed by atoms with Crippen molar-refractivity contribution in [3.05, 3.63) is 52.8 Å². The van der Waals surface area contributed by atoms with Gasteiger partial charge in [-0.25, -0.2) is 13.4 Å². The Labute approximate surface area is 139 Å². The summed E-state index contributed by atoms with van der Waals surface area (Å²) in [5.41, 5.74) is 2.74. The summed E-state index contributed by atoms with van der Waals surface area (Å²) in [7, 11) is -3.30. The quantitative estimate of drug-likeness (QED) is 0.788. The van der Waals surface area contributed by atoms with Crippen LogP contribution in [0.2, 0.25) is 5.02 Å². The Morgan fingerprint density at radius 2 is 2.04 bits per heavy atom. The zero-order chi connectivity index (χ0) is 16.8. The van der Waals surface area contributed by atoms with Crippen LogP contribution >= 0.6 is 11.6 Å². The Bertz CT molecular complexity index is 1010. The topological polar surface area (TPSA) is 71.7 Å². The van der Waals surface area contributed by atoms with E-state index in [1.165, 1.54) is 6.26 Å². The number of hydrogen-bond donors (Lipinski definition) is 1. The van der Waals surface area contributed by atoms with Crippen LogP contribution in [0.4, 0.5) is 0 Å². The molecular weight excluding hydrogens is 336 g/mol. The number of sulfone groups is 1. The maximum absolute atomic E-state index is 11.8. The highest BCUT2D eigenvalue weighted by Gasteiger charge is 2.16. The van der Waals surface area contributed by atoms with Gasteiger partial charge in [-0.15, -0.1) is 0 Å². The molecule has 0 bridgehead atoms. The van der Waals surface area contributed by atoms with E-state index in [1.54, 1.807) is 36.5 Å². The number of aliphatic hydroxyl groups is 1. The van der Waals surface area contributed by atoms with Crippen molar-refractivity contribution in [1.29, 1.82) is 0 Å². The molecule has 0 fully saturated rings. The number of aliphatic hydroxyl groups excluding tert-OH is 1. The van der Waals surface area contributed by atoms with Crippen LogP contribution in [0.15, 0.2) is 41.4 Å². The predicted octanol–water partition coefficient (Wildman–Crippen LogP) is 2.86. The molecule has 1 N–H and O–H groups in total. The molecule has 0 saturated heterocycles. The first kappa shape index (κ1) is 16.0. The second-order valence-corrected chi connectivity index (χ2v) is 7.76. The van der Waals surface area contributed by atoms with Gasteiger partial charge in [-0.2, -0.15) is 0 Å². The first-order valence-electron chi connectivity index (χ1n) is 6.90. The molecule has 3 aromatic rings. The fourth-order valence-corrected chi connectivity index (χ4v) is 3.50. The van der Waals surface area contributed by atoms with E-state index < -0.39 is 9.84 Å². The molecule has 2 aromatic heterocycles. The largest absolute Gasteiger partial charge is 0.392 e. The highest BCUT2D eigenvalue weighted by molar-refractivity contribution is 7.90. The highest BCUT2D eigenvalue weighted by Crippen LogP contribution is 2.29. The van der Waals surface area contributed by atoms with Crippen molar-refractivity contribution in [2.45, 2.75) is 18.4 Å². The fourth-order valence-electron chi connectivity index (χ4n) is 2.63. The lowest BCUT2D eigenvalue weighted by atomic mass is 10.2. The minimum atomic E-state index is -3.30. The summed E-state index contributed by atoms with van der Waals surface area (Å²) in [6.45, 7) is 1.63. The molecule has 0 spiro atoms. The maximum atomic E-state index is 11.8. The molecule has 0 radical (unpaired) electrons. The molecule has 0 unspecified atom stereocenters. The molecule has 3 rings (SSSR count). The molecule has 0 atom stereocenters. The number of aromatic nitrogens is 2. The Hall–Kier alpha value is -1.89. The molecule has 7 heteroatoms. The molecule has 23 heavy (non-hydrogen) atoms. The lowest BCUT2D eigenvalue weighted by Gasteiger charge is -2.07. The number of benzene rings is 1. The average Bonchev–Trinajstić information content (AvgIpc) is 2.84. The fraction of sp³-hybridized carbons (Fsp3) is 0.188. The summed E-state index contributed by atoms with van der Waals surface area (Å²) < 4.78 is 25.3. The summed E-state index contributed by atoms with van der Waals surface area (Å²) in [6.07, 6.45) is 2.93. The molecule has 2 heterocycles. The third-order valence-electron chi connectivity index (χ3n) is 3.71. The van der Waals surface area contributed by atoms with Crippen LogP contribution in [-0.4, -0.2) is 29.2 Å². The van der Waals surface area contributed by atoms with Crippen molar-refractivity contribution in [3.63, 3.8) is 0 Å². The van der Waals surface area contributed by atoms with Gasteiger partial charge >= 0.3 is 0 Å². The van der Waals surface area contributed by atoms with Crippen LogP contribution in [0.5, 0.6) is 0 Å². The second kappa shape index (κ2) is 5.63. The van der Waals surface area contributed by atoms with E-state index in [0.717, 1.165) is 11.2 Å². The SMILES string of the molecule is Cc1nc(-c2cccc(S(C)(=O)=O)c2)n2ccc(Cl)c(CO)c12. The van der Waals surface area contributed by atoms with Gasteiger partial charge in [0.1, 0.15) is 5.82 Å². The average molecular weight is 351 g/mol. The standard InChI is InChI=1S/C16H15ClN2O3S/c1-10-15-13(9-20)14(17)6-7-19(15)16(18-10)11-4-3-5-12(8-11)23(2,21)22/h3-8,20H,9H2,1-2H3. The van der Waals surface area contributed by atoms with Crippen molar-refractivity contribution >= 4 is 27.0 Å². The van der Waals surface area contributed by atoms with Gasteiger partial charge in [-0.3, -0.25) is 4.40 Å². The molecule has 1 aromatic carbocycles. The maximum Gasteiger partial charge on any atom is 0.175 e. The number of pyridine rings is 1. The van der Waals surface area contributed by atoms with Crippen LogP contribution in [0.25, 0.3) is 16.9 Å². The van der Waals surface area contributed by atoms with Gasteiger partial charge in [-0.05, 0) is 25.1 Å². The van der Waals surface area contributed by atoms with E-state index in [2.05, 4.69) is 4.98 Å². The predicted molar refractivity (Wildman–Crippen MR) is 89.4 cm³/mol. The molecule has 0 amide bonds. The van der Waals surface area contributed by atoms with Crippen molar-refractivity contribution in [2.75, 3.05) is 6.26 Å². The Morgan fingerprint density at radius 1 is 1.30 bits per heavy atom. The Kier molecular flexibility index (Phi) is 3.91. The second-order valence-electron chi connectivity index (χ2n) is 5.34. The summed E-state index contributed by atoms with van der Waals surface area (Å²) in [5.74, 6) is 0.606. The summed E-state index contributed by atoms with van der Waals surface area (Å²) in [5, 5.41) is 10.0. The molecule has 120 valence electrons. The number of fused-ring (bicyclic) bond motifs is 1. The Balaban J connectivity index is 2.30. The first-order chi connectivity index (χ1) is 10.8. The number of halogens is 1. The molecule has 0 aliphatic rings. The van der Waals surface area contributed by atoms with E-state index in [-0.39, 0.29) is 11.5 Å². The number of nitrogens with zero attached hydrogens (tertiary/aromatic N) is 2. The molecular formula is C16H15ClN2O3S. The third-order valence-corrected chi connectivity index (χ3v) is 5.17. The van der Waals surface area contributed by atoms with E-state index >= 15 is 0 Å². The zero-order valence-electron chi connectivity index (χ0n) is 12.6. The zero-order valence-corrected chi connectivity index (χ0v) is 14.2. The van der Waals surface area contributed by atoms with Gasteiger partial charge in [-0.1, -0.05) is 23.7 Å². The van der Waals surface area contributed by atoms with Crippen LogP contribution < -0.4 is 0 Å². The Morgan fingerprint density at radius 3 is 2.70 bits per heavy atom. The van der Waals surface area contributed by atoms with E-state index in [0.29, 0.717) is 22.0 Å². The third kappa shape index (κ3) is 2.73. The molecule has 0 aliphatic carbocycles. The van der Waals surface area contributed by atoms with Crippen molar-refractivity contribution in [1.82, 2.24) is 9.38 Å². The minimum Gasteiger partial charge on any atom is -0.392 e. The minimum absolute atomic E-state index is 0.196. The summed E-state index contributed by atoms with van der Waals surface area (Å²) >= 11 is 6.14. The first-order valence-corrected chi connectivity index (χ1v) is 9.17. The lowest BCUT2D eigenvalue weighted by molar-refractivity contribution is 0.283. The van der Waals surface area contributed by atoms with E-state index in [1.807, 2.05) is 11.3 Å². The number of hydrogen-bond acceptors (Lipinski definition) is 4. The van der Waals surface area contributed by atoms with Crippen molar-refractivity contribution in [3.8, 4) is 11.4 Å². The van der Waals surface area contributed by atoms with Crippen LogP contribution in [-0.2, 0) is 16.4 Å². The van der Waals surface area contributed by atoms with Gasteiger partial charge in [0.15, 0.2) is 9.84 Å². The van der Waals surface area contributed by atoms with Gasteiger partial charge in [0.05, 0.1) is 22.7 Å². The lowest BCUT2D eigenvalue weighted by Crippen LogP contribution is -1.98. The van der Waals surface area contributed by atoms with Crippen LogP contribution in [0, 0.1) is 6.92 Å². The normalized spacial score (nSPS) is 12.0. The van der Waals surface area contributed by atoms with Gasteiger partial charge in [0.25, 0.3) is 0 Å². The van der Waals surface area contributed by atoms with E-state index in [9.17, 15) is 13.5 Å². The molecule has 5 nitrogen and oxygen atoms in total. The molecule has 0 aliphatic heterocycles. The number of aryl methyl sites for hydroxylation is 1. The van der Waals surface area contributed by atoms with Gasteiger partial charge in [0.2, 0.25) is 0 Å². The summed E-state index contributed by atoms with van der Waals surface area (Å²) in [6, 6.07) is 8.32. The van der Waals surface area contributed by atoms with Crippen LogP contribution in [0.3, 0.4) is 0 Å². The van der Waals surface area contributed by atoms with Gasteiger partial charge < -0.3 is 5.11 Å². The monoisotopic (exact) mass is 350 g/mol. The smallest absolute Gasteiger partial charge is 0.175 e. The number of rotatable bonds is 3. The number of imidazole rings is 1. The van der Waals surface area contributed by atoms with E-state index in [4.69, 9.17) is 11.6 Å². The summed E-state index contributed by atoms with van der Waals surface area (Å²) in [4.78, 5) is 4.77. The van der Waals surface area contributed by atoms with Crippen molar-refractivity contribution in [2.24, 2.45) is 0 Å². The van der Waals surface area contributed by atoms with Crippen LogP contribution in [0.1, 0.15) is 11.3 Å². The molecule has 0 saturated carbocycles. The van der Waals surface area contributed by atoms with Gasteiger partial charge in [0, 0.05) is 28.6 Å². The highest BCUT2D eigenvalue weighted by atomic mass is 35.5. The van der Waals surface area contributed by atoms with Crippen molar-refractivity contribution < 1.29 is 13.5 Å².